The molecule has 2 atom stereocenters. The van der Waals surface area contributed by atoms with Gasteiger partial charge < -0.3 is 5.32 Å². The number of Topliss-reactive ketones (excluding diaryl/α,β-unsaturated/α-hetero) is 1. The van der Waals surface area contributed by atoms with Gasteiger partial charge in [0.1, 0.15) is 5.92 Å². The topological polar surface area (TPSA) is 110 Å². The molecule has 3 amide bonds. The van der Waals surface area contributed by atoms with Crippen LogP contribution in [0.1, 0.15) is 22.0 Å². The standard InChI is InChI=1S/C23H16BrN3O5/c24-16-10-6-15(7-11-16)21(28)19-20(14-8-12-18(13-9-14)27(31)32)25-23(30)26(22(19)29)17-4-2-1-3-5-17/h1-13,19-20H,(H,25,30)/t19-,20+/m0/s1. The number of ketones is 1. The van der Waals surface area contributed by atoms with E-state index in [1.165, 1.54) is 24.3 Å². The molecule has 0 aromatic heterocycles. The van der Waals surface area contributed by atoms with Gasteiger partial charge in [-0.15, -0.1) is 0 Å². The number of anilines is 1. The zero-order chi connectivity index (χ0) is 22.8. The molecule has 3 aromatic rings. The lowest BCUT2D eigenvalue weighted by atomic mass is 9.84. The number of hydrogen-bond donors (Lipinski definition) is 1. The highest BCUT2D eigenvalue weighted by Gasteiger charge is 2.46. The maximum absolute atomic E-state index is 13.5. The number of amides is 3. The van der Waals surface area contributed by atoms with E-state index < -0.39 is 34.6 Å². The lowest BCUT2D eigenvalue weighted by Gasteiger charge is -2.37. The SMILES string of the molecule is O=C(c1ccc(Br)cc1)[C@H]1C(=O)N(c2ccccc2)C(=O)N[C@@H]1c1ccc([N+](=O)[O-])cc1. The van der Waals surface area contributed by atoms with E-state index in [0.717, 1.165) is 9.37 Å². The number of benzene rings is 3. The molecule has 4 rings (SSSR count). The van der Waals surface area contributed by atoms with Crippen LogP contribution < -0.4 is 10.2 Å². The van der Waals surface area contributed by atoms with Crippen LogP contribution in [0.4, 0.5) is 16.2 Å². The molecule has 1 N–H and O–H groups in total. The van der Waals surface area contributed by atoms with Crippen LogP contribution in [0.25, 0.3) is 0 Å². The fraction of sp³-hybridized carbons (Fsp3) is 0.0870. The number of hydrogen-bond acceptors (Lipinski definition) is 5. The van der Waals surface area contributed by atoms with Gasteiger partial charge in [-0.3, -0.25) is 19.7 Å². The number of nitrogens with zero attached hydrogens (tertiary/aromatic N) is 2. The van der Waals surface area contributed by atoms with Crippen molar-refractivity contribution in [3.05, 3.63) is 105 Å². The summed E-state index contributed by atoms with van der Waals surface area (Å²) < 4.78 is 0.773. The van der Waals surface area contributed by atoms with Gasteiger partial charge in [0.2, 0.25) is 5.91 Å². The fourth-order valence-electron chi connectivity index (χ4n) is 3.62. The maximum Gasteiger partial charge on any atom is 0.329 e. The van der Waals surface area contributed by atoms with Gasteiger partial charge in [-0.2, -0.15) is 0 Å². The van der Waals surface area contributed by atoms with Gasteiger partial charge >= 0.3 is 6.03 Å². The summed E-state index contributed by atoms with van der Waals surface area (Å²) >= 11 is 3.32. The monoisotopic (exact) mass is 493 g/mol. The van der Waals surface area contributed by atoms with Crippen molar-refractivity contribution in [3.63, 3.8) is 0 Å². The third-order valence-electron chi connectivity index (χ3n) is 5.19. The molecule has 1 heterocycles. The zero-order valence-corrected chi connectivity index (χ0v) is 18.1. The number of nitro groups is 1. The Morgan fingerprint density at radius 1 is 0.938 bits per heavy atom. The number of para-hydroxylation sites is 1. The van der Waals surface area contributed by atoms with Gasteiger partial charge in [-0.05, 0) is 29.8 Å². The van der Waals surface area contributed by atoms with Crippen LogP contribution in [0, 0.1) is 16.0 Å². The summed E-state index contributed by atoms with van der Waals surface area (Å²) in [7, 11) is 0. The van der Waals surface area contributed by atoms with Gasteiger partial charge in [-0.1, -0.05) is 58.4 Å². The molecule has 8 nitrogen and oxygen atoms in total. The van der Waals surface area contributed by atoms with Crippen molar-refractivity contribution in [1.29, 1.82) is 0 Å². The number of rotatable bonds is 5. The minimum atomic E-state index is -1.25. The number of imide groups is 1. The summed E-state index contributed by atoms with van der Waals surface area (Å²) in [6.45, 7) is 0. The van der Waals surface area contributed by atoms with Gasteiger partial charge in [0.25, 0.3) is 5.69 Å². The predicted octanol–water partition coefficient (Wildman–Crippen LogP) is 4.65. The van der Waals surface area contributed by atoms with Crippen molar-refractivity contribution in [2.45, 2.75) is 6.04 Å². The normalized spacial score (nSPS) is 18.2. The summed E-state index contributed by atoms with van der Waals surface area (Å²) in [5.41, 5.74) is 0.928. The number of carbonyl (C=O) groups is 3. The van der Waals surface area contributed by atoms with Gasteiger partial charge in [0.15, 0.2) is 5.78 Å². The molecule has 160 valence electrons. The first-order valence-corrected chi connectivity index (χ1v) is 10.4. The first kappa shape index (κ1) is 21.4. The number of nitrogens with one attached hydrogen (secondary N) is 1. The molecule has 9 heteroatoms. The highest BCUT2D eigenvalue weighted by atomic mass is 79.9. The van der Waals surface area contributed by atoms with E-state index in [2.05, 4.69) is 21.2 Å². The molecule has 0 spiro atoms. The molecule has 1 fully saturated rings. The van der Waals surface area contributed by atoms with Crippen LogP contribution in [-0.2, 0) is 4.79 Å². The maximum atomic E-state index is 13.5. The van der Waals surface area contributed by atoms with Crippen molar-refractivity contribution in [2.24, 2.45) is 5.92 Å². The molecule has 0 bridgehead atoms. The number of nitro benzene ring substituents is 1. The summed E-state index contributed by atoms with van der Waals surface area (Å²) in [6.07, 6.45) is 0. The van der Waals surface area contributed by atoms with Crippen LogP contribution in [0.2, 0.25) is 0 Å². The van der Waals surface area contributed by atoms with Crippen LogP contribution in [0.5, 0.6) is 0 Å². The molecule has 0 unspecified atom stereocenters. The molecule has 0 aliphatic carbocycles. The van der Waals surface area contributed by atoms with Crippen molar-refractivity contribution in [2.75, 3.05) is 4.90 Å². The second kappa shape index (κ2) is 8.72. The van der Waals surface area contributed by atoms with E-state index >= 15 is 0 Å². The van der Waals surface area contributed by atoms with E-state index in [0.29, 0.717) is 16.8 Å². The Labute approximate surface area is 191 Å². The third-order valence-corrected chi connectivity index (χ3v) is 5.72. The number of carbonyl (C=O) groups excluding carboxylic acids is 3. The second-order valence-electron chi connectivity index (χ2n) is 7.13. The quantitative estimate of drug-likeness (QED) is 0.240. The Morgan fingerprint density at radius 2 is 1.56 bits per heavy atom. The van der Waals surface area contributed by atoms with E-state index in [4.69, 9.17) is 0 Å². The lowest BCUT2D eigenvalue weighted by molar-refractivity contribution is -0.384. The Bertz CT molecular complexity index is 1200. The summed E-state index contributed by atoms with van der Waals surface area (Å²) in [6, 6.07) is 18.7. The van der Waals surface area contributed by atoms with Crippen molar-refractivity contribution >= 4 is 45.0 Å². The highest BCUT2D eigenvalue weighted by molar-refractivity contribution is 9.10. The smallest absolute Gasteiger partial charge is 0.329 e. The molecule has 3 aromatic carbocycles. The zero-order valence-electron chi connectivity index (χ0n) is 16.5. The van der Waals surface area contributed by atoms with E-state index in [-0.39, 0.29) is 5.69 Å². The third kappa shape index (κ3) is 4.02. The average Bonchev–Trinajstić information content (AvgIpc) is 2.79. The lowest BCUT2D eigenvalue weighted by Crippen LogP contribution is -2.58. The first-order chi connectivity index (χ1) is 15.4. The van der Waals surface area contributed by atoms with Gasteiger partial charge in [0.05, 0.1) is 16.7 Å². The van der Waals surface area contributed by atoms with Crippen molar-refractivity contribution in [1.82, 2.24) is 5.32 Å². The molecular formula is C23H16BrN3O5. The van der Waals surface area contributed by atoms with Crippen LogP contribution in [-0.4, -0.2) is 22.6 Å². The molecule has 0 saturated carbocycles. The van der Waals surface area contributed by atoms with Crippen molar-refractivity contribution in [3.8, 4) is 0 Å². The Balaban J connectivity index is 1.78. The highest BCUT2D eigenvalue weighted by Crippen LogP contribution is 2.34. The minimum absolute atomic E-state index is 0.135. The molecule has 1 aliphatic heterocycles. The molecule has 1 saturated heterocycles. The summed E-state index contributed by atoms with van der Waals surface area (Å²) in [5, 5.41) is 13.7. The van der Waals surface area contributed by atoms with E-state index in [1.807, 2.05) is 0 Å². The largest absolute Gasteiger partial charge is 0.329 e. The van der Waals surface area contributed by atoms with Gasteiger partial charge in [-0.25, -0.2) is 9.69 Å². The first-order valence-electron chi connectivity index (χ1n) is 9.60. The van der Waals surface area contributed by atoms with Gasteiger partial charge in [0, 0.05) is 22.2 Å². The van der Waals surface area contributed by atoms with E-state index in [9.17, 15) is 24.5 Å². The Morgan fingerprint density at radius 3 is 2.16 bits per heavy atom. The van der Waals surface area contributed by atoms with Crippen LogP contribution in [0.3, 0.4) is 0 Å². The Hall–Kier alpha value is -3.85. The number of urea groups is 1. The number of non-ortho nitro benzene ring substituents is 1. The summed E-state index contributed by atoms with van der Waals surface area (Å²) in [4.78, 5) is 51.2. The number of halogens is 1. The minimum Gasteiger partial charge on any atom is -0.329 e. The summed E-state index contributed by atoms with van der Waals surface area (Å²) in [5.74, 6) is -2.39. The van der Waals surface area contributed by atoms with Crippen LogP contribution >= 0.6 is 15.9 Å². The molecule has 1 aliphatic rings. The molecule has 0 radical (unpaired) electrons. The Kier molecular flexibility index (Phi) is 5.83. The van der Waals surface area contributed by atoms with E-state index in [1.54, 1.807) is 54.6 Å². The van der Waals surface area contributed by atoms with Crippen molar-refractivity contribution < 1.29 is 19.3 Å². The molecular weight excluding hydrogens is 478 g/mol. The fourth-order valence-corrected chi connectivity index (χ4v) is 3.88. The second-order valence-corrected chi connectivity index (χ2v) is 8.05. The van der Waals surface area contributed by atoms with Crippen LogP contribution in [0.15, 0.2) is 83.3 Å². The average molecular weight is 494 g/mol. The predicted molar refractivity (Wildman–Crippen MR) is 120 cm³/mol. The molecule has 32 heavy (non-hydrogen) atoms.